The number of aryl methyl sites for hydroxylation is 1. The van der Waals surface area contributed by atoms with Crippen LogP contribution in [0, 0.1) is 6.92 Å². The molecule has 0 spiro atoms. The van der Waals surface area contributed by atoms with Crippen molar-refractivity contribution in [3.63, 3.8) is 0 Å². The summed E-state index contributed by atoms with van der Waals surface area (Å²) in [5, 5.41) is 2.76. The normalized spacial score (nSPS) is 12.4. The van der Waals surface area contributed by atoms with E-state index in [-0.39, 0.29) is 5.41 Å². The van der Waals surface area contributed by atoms with Gasteiger partial charge in [-0.15, -0.1) is 6.58 Å². The van der Waals surface area contributed by atoms with Crippen molar-refractivity contribution in [1.82, 2.24) is 4.57 Å². The molecule has 2 aromatic carbocycles. The zero-order valence-corrected chi connectivity index (χ0v) is 17.3. The van der Waals surface area contributed by atoms with E-state index in [9.17, 15) is 0 Å². The Kier molecular flexibility index (Phi) is 5.01. The molecule has 0 atom stereocenters. The van der Waals surface area contributed by atoms with Gasteiger partial charge in [0.25, 0.3) is 0 Å². The number of allylic oxidation sites excluding steroid dienone is 1. The van der Waals surface area contributed by atoms with Crippen LogP contribution in [0.3, 0.4) is 0 Å². The molecular formula is C25H33N. The van der Waals surface area contributed by atoms with E-state index in [1.807, 2.05) is 6.08 Å². The lowest BCUT2D eigenvalue weighted by atomic mass is 9.80. The van der Waals surface area contributed by atoms with Gasteiger partial charge in [-0.1, -0.05) is 53.2 Å². The van der Waals surface area contributed by atoms with Gasteiger partial charge < -0.3 is 4.57 Å². The second kappa shape index (κ2) is 6.95. The van der Waals surface area contributed by atoms with Gasteiger partial charge in [0, 0.05) is 28.4 Å². The number of rotatable bonds is 6. The van der Waals surface area contributed by atoms with Crippen LogP contribution < -0.4 is 0 Å². The van der Waals surface area contributed by atoms with Crippen LogP contribution in [0.1, 0.15) is 70.1 Å². The summed E-state index contributed by atoms with van der Waals surface area (Å²) < 4.78 is 2.41. The average Bonchev–Trinajstić information content (AvgIpc) is 2.87. The third kappa shape index (κ3) is 3.09. The molecule has 1 heteroatoms. The lowest BCUT2D eigenvalue weighted by Gasteiger charge is -2.25. The minimum atomic E-state index is 0.210. The van der Waals surface area contributed by atoms with Gasteiger partial charge in [0.05, 0.1) is 0 Å². The van der Waals surface area contributed by atoms with Crippen LogP contribution in [0.25, 0.3) is 21.8 Å². The summed E-state index contributed by atoms with van der Waals surface area (Å²) in [4.78, 5) is 0. The Labute approximate surface area is 158 Å². The summed E-state index contributed by atoms with van der Waals surface area (Å²) in [6.07, 6.45) is 4.42. The molecule has 1 nitrogen and oxygen atoms in total. The average molecular weight is 348 g/mol. The Morgan fingerprint density at radius 3 is 2.38 bits per heavy atom. The molecule has 1 heterocycles. The number of nitrogens with zero attached hydrogens (tertiary/aromatic N) is 1. The molecule has 0 amide bonds. The van der Waals surface area contributed by atoms with E-state index in [0.29, 0.717) is 5.92 Å². The maximum absolute atomic E-state index is 3.98. The number of benzene rings is 2. The SMILES string of the molecule is C=CCn1c2ccc(C(C)(C)CCC)cc2c2cc(C(C)C)c(C)cc21. The van der Waals surface area contributed by atoms with Crippen molar-refractivity contribution >= 4 is 21.8 Å². The predicted molar refractivity (Wildman–Crippen MR) is 116 cm³/mol. The van der Waals surface area contributed by atoms with Gasteiger partial charge in [0.1, 0.15) is 0 Å². The standard InChI is InChI=1S/C25H33N/c1-8-12-25(6,7)19-10-11-23-21(15-19)22-16-20(17(3)4)18(5)14-24(22)26(23)13-9-2/h9-11,14-17H,2,8,12-13H2,1,3-7H3. The van der Waals surface area contributed by atoms with Gasteiger partial charge in [-0.25, -0.2) is 0 Å². The quantitative estimate of drug-likeness (QED) is 0.407. The first-order valence-corrected chi connectivity index (χ1v) is 9.98. The van der Waals surface area contributed by atoms with Crippen molar-refractivity contribution in [2.45, 2.75) is 72.3 Å². The molecule has 3 rings (SSSR count). The first kappa shape index (κ1) is 18.8. The molecule has 0 aliphatic heterocycles. The Morgan fingerprint density at radius 2 is 1.77 bits per heavy atom. The fourth-order valence-corrected chi connectivity index (χ4v) is 4.40. The number of fused-ring (bicyclic) bond motifs is 3. The highest BCUT2D eigenvalue weighted by molar-refractivity contribution is 6.09. The van der Waals surface area contributed by atoms with Gasteiger partial charge in [-0.2, -0.15) is 0 Å². The zero-order chi connectivity index (χ0) is 19.1. The molecule has 0 saturated heterocycles. The highest BCUT2D eigenvalue weighted by Crippen LogP contribution is 2.37. The molecule has 0 bridgehead atoms. The highest BCUT2D eigenvalue weighted by atomic mass is 15.0. The molecule has 1 aromatic heterocycles. The number of hydrogen-bond acceptors (Lipinski definition) is 0. The van der Waals surface area contributed by atoms with E-state index in [4.69, 9.17) is 0 Å². The van der Waals surface area contributed by atoms with Gasteiger partial charge in [0.2, 0.25) is 0 Å². The third-order valence-electron chi connectivity index (χ3n) is 5.84. The zero-order valence-electron chi connectivity index (χ0n) is 17.3. The van der Waals surface area contributed by atoms with Crippen molar-refractivity contribution in [3.05, 3.63) is 59.7 Å². The smallest absolute Gasteiger partial charge is 0.0497 e. The van der Waals surface area contributed by atoms with Gasteiger partial charge in [0.15, 0.2) is 0 Å². The van der Waals surface area contributed by atoms with Gasteiger partial charge in [-0.3, -0.25) is 0 Å². The lowest BCUT2D eigenvalue weighted by molar-refractivity contribution is 0.473. The fraction of sp³-hybridized carbons (Fsp3) is 0.440. The summed E-state index contributed by atoms with van der Waals surface area (Å²) in [5.41, 5.74) is 7.13. The van der Waals surface area contributed by atoms with Crippen molar-refractivity contribution in [1.29, 1.82) is 0 Å². The van der Waals surface area contributed by atoms with Gasteiger partial charge in [-0.05, 0) is 65.6 Å². The second-order valence-electron chi connectivity index (χ2n) is 8.65. The minimum absolute atomic E-state index is 0.210. The maximum Gasteiger partial charge on any atom is 0.0497 e. The molecule has 0 unspecified atom stereocenters. The van der Waals surface area contributed by atoms with Crippen molar-refractivity contribution in [2.24, 2.45) is 0 Å². The predicted octanol–water partition coefficient (Wildman–Crippen LogP) is 7.49. The van der Waals surface area contributed by atoms with Crippen LogP contribution in [-0.2, 0) is 12.0 Å². The lowest BCUT2D eigenvalue weighted by Crippen LogP contribution is -2.16. The van der Waals surface area contributed by atoms with Crippen LogP contribution in [0.4, 0.5) is 0 Å². The first-order chi connectivity index (χ1) is 12.3. The highest BCUT2D eigenvalue weighted by Gasteiger charge is 2.21. The Balaban J connectivity index is 2.36. The summed E-state index contributed by atoms with van der Waals surface area (Å²) >= 11 is 0. The third-order valence-corrected chi connectivity index (χ3v) is 5.84. The molecule has 0 N–H and O–H groups in total. The van der Waals surface area contributed by atoms with E-state index in [2.05, 4.69) is 83.0 Å². The van der Waals surface area contributed by atoms with Gasteiger partial charge >= 0.3 is 0 Å². The van der Waals surface area contributed by atoms with E-state index in [1.165, 1.54) is 51.3 Å². The molecule has 0 fully saturated rings. The number of hydrogen-bond donors (Lipinski definition) is 0. The Bertz CT molecular complexity index is 953. The van der Waals surface area contributed by atoms with Crippen LogP contribution in [0.2, 0.25) is 0 Å². The summed E-state index contributed by atoms with van der Waals surface area (Å²) in [7, 11) is 0. The van der Waals surface area contributed by atoms with Crippen LogP contribution in [-0.4, -0.2) is 4.57 Å². The van der Waals surface area contributed by atoms with Crippen LogP contribution in [0.5, 0.6) is 0 Å². The maximum atomic E-state index is 3.98. The van der Waals surface area contributed by atoms with Crippen LogP contribution in [0.15, 0.2) is 43.0 Å². The Morgan fingerprint density at radius 1 is 1.08 bits per heavy atom. The minimum Gasteiger partial charge on any atom is -0.337 e. The first-order valence-electron chi connectivity index (χ1n) is 9.98. The molecule has 0 aliphatic rings. The molecular weight excluding hydrogens is 314 g/mol. The van der Waals surface area contributed by atoms with E-state index < -0.39 is 0 Å². The topological polar surface area (TPSA) is 4.93 Å². The monoisotopic (exact) mass is 347 g/mol. The van der Waals surface area contributed by atoms with Crippen molar-refractivity contribution < 1.29 is 0 Å². The van der Waals surface area contributed by atoms with Crippen molar-refractivity contribution in [2.75, 3.05) is 0 Å². The van der Waals surface area contributed by atoms with E-state index in [0.717, 1.165) is 6.54 Å². The van der Waals surface area contributed by atoms with Crippen molar-refractivity contribution in [3.8, 4) is 0 Å². The molecule has 0 aliphatic carbocycles. The fourth-order valence-electron chi connectivity index (χ4n) is 4.40. The number of aromatic nitrogens is 1. The summed E-state index contributed by atoms with van der Waals surface area (Å²) in [6.45, 7) is 18.6. The second-order valence-corrected chi connectivity index (χ2v) is 8.65. The summed E-state index contributed by atoms with van der Waals surface area (Å²) in [6, 6.07) is 11.9. The molecule has 3 aromatic rings. The molecule has 26 heavy (non-hydrogen) atoms. The summed E-state index contributed by atoms with van der Waals surface area (Å²) in [5.74, 6) is 0.539. The Hall–Kier alpha value is -2.02. The molecule has 0 saturated carbocycles. The largest absolute Gasteiger partial charge is 0.337 e. The van der Waals surface area contributed by atoms with E-state index >= 15 is 0 Å². The molecule has 0 radical (unpaired) electrons. The van der Waals surface area contributed by atoms with Crippen LogP contribution >= 0.6 is 0 Å². The molecule has 138 valence electrons. The van der Waals surface area contributed by atoms with E-state index in [1.54, 1.807) is 0 Å².